The predicted molar refractivity (Wildman–Crippen MR) is 90.9 cm³/mol. The van der Waals surface area contributed by atoms with Crippen LogP contribution in [0.5, 0.6) is 0 Å². The molecular weight excluding hydrogens is 411 g/mol. The van der Waals surface area contributed by atoms with Crippen LogP contribution in [-0.4, -0.2) is 26.0 Å². The second kappa shape index (κ2) is 7.87. The monoisotopic (exact) mass is 425 g/mol. The first-order valence-electron chi connectivity index (χ1n) is 7.51. The van der Waals surface area contributed by atoms with Crippen LogP contribution in [0.3, 0.4) is 0 Å². The van der Waals surface area contributed by atoms with Gasteiger partial charge in [-0.15, -0.1) is 0 Å². The Morgan fingerprint density at radius 3 is 2.52 bits per heavy atom. The van der Waals surface area contributed by atoms with Gasteiger partial charge in [0.05, 0.1) is 15.5 Å². The molecule has 0 spiro atoms. The Morgan fingerprint density at radius 2 is 1.96 bits per heavy atom. The van der Waals surface area contributed by atoms with E-state index in [2.05, 4.69) is 15.2 Å². The van der Waals surface area contributed by atoms with Crippen LogP contribution in [0.25, 0.3) is 0 Å². The second-order valence-corrected chi connectivity index (χ2v) is 7.71. The number of nitrogens with zero attached hydrogens (tertiary/aromatic N) is 1. The van der Waals surface area contributed by atoms with E-state index >= 15 is 0 Å². The van der Waals surface area contributed by atoms with Crippen LogP contribution in [0.4, 0.5) is 18.9 Å². The molecule has 0 bridgehead atoms. The number of alkyl halides is 3. The van der Waals surface area contributed by atoms with Gasteiger partial charge < -0.3 is 9.84 Å². The van der Waals surface area contributed by atoms with Crippen LogP contribution < -0.4 is 10.0 Å². The molecule has 1 heterocycles. The first-order valence-corrected chi connectivity index (χ1v) is 9.37. The largest absolute Gasteiger partial charge is 0.417 e. The maximum Gasteiger partial charge on any atom is 0.417 e. The predicted octanol–water partition coefficient (Wildman–Crippen LogP) is 3.27. The van der Waals surface area contributed by atoms with Crippen molar-refractivity contribution in [1.29, 1.82) is 0 Å². The molecule has 2 aromatic rings. The molecule has 0 radical (unpaired) electrons. The lowest BCUT2D eigenvalue weighted by Crippen LogP contribution is -2.28. The van der Waals surface area contributed by atoms with E-state index in [4.69, 9.17) is 16.1 Å². The number of amides is 1. The zero-order chi connectivity index (χ0) is 20.4. The Kier molecular flexibility index (Phi) is 6.17. The van der Waals surface area contributed by atoms with Crippen molar-refractivity contribution in [1.82, 2.24) is 9.88 Å². The minimum absolute atomic E-state index is 0.247. The molecule has 0 fully saturated rings. The number of benzene rings is 1. The third-order valence-corrected chi connectivity index (χ3v) is 5.28. The third-order valence-electron chi connectivity index (χ3n) is 3.50. The molecule has 0 atom stereocenters. The van der Waals surface area contributed by atoms with Crippen LogP contribution >= 0.6 is 11.6 Å². The van der Waals surface area contributed by atoms with Gasteiger partial charge in [-0.25, -0.2) is 13.1 Å². The zero-order valence-electron chi connectivity index (χ0n) is 14.1. The fourth-order valence-corrected chi connectivity index (χ4v) is 3.42. The lowest BCUT2D eigenvalue weighted by molar-refractivity contribution is -0.137. The normalized spacial score (nSPS) is 12.2. The molecule has 27 heavy (non-hydrogen) atoms. The van der Waals surface area contributed by atoms with Gasteiger partial charge in [-0.05, 0) is 32.0 Å². The van der Waals surface area contributed by atoms with Crippen LogP contribution in [-0.2, 0) is 21.0 Å². The summed E-state index contributed by atoms with van der Waals surface area (Å²) in [5.74, 6) is -0.124. The summed E-state index contributed by atoms with van der Waals surface area (Å²) < 4.78 is 69.8. The maximum absolute atomic E-state index is 12.9. The number of carbonyl (C=O) groups excluding carboxylic acids is 1. The molecule has 0 aliphatic carbocycles. The number of rotatable bonds is 6. The van der Waals surface area contributed by atoms with E-state index in [9.17, 15) is 26.4 Å². The van der Waals surface area contributed by atoms with Crippen molar-refractivity contribution in [2.75, 3.05) is 11.9 Å². The van der Waals surface area contributed by atoms with Crippen molar-refractivity contribution >= 4 is 33.2 Å². The van der Waals surface area contributed by atoms with Gasteiger partial charge in [-0.2, -0.15) is 13.2 Å². The summed E-state index contributed by atoms with van der Waals surface area (Å²) in [4.78, 5) is 11.3. The van der Waals surface area contributed by atoms with E-state index in [1.165, 1.54) is 0 Å². The highest BCUT2D eigenvalue weighted by Crippen LogP contribution is 2.35. The number of sulfonamides is 1. The average molecular weight is 426 g/mol. The quantitative estimate of drug-likeness (QED) is 0.739. The van der Waals surface area contributed by atoms with E-state index in [-0.39, 0.29) is 13.0 Å². The lowest BCUT2D eigenvalue weighted by Gasteiger charge is -2.12. The van der Waals surface area contributed by atoms with Crippen LogP contribution in [0.2, 0.25) is 5.02 Å². The summed E-state index contributed by atoms with van der Waals surface area (Å²) in [6, 6.07) is 2.24. The van der Waals surface area contributed by atoms with Gasteiger partial charge in [0.1, 0.15) is 11.4 Å². The van der Waals surface area contributed by atoms with Crippen molar-refractivity contribution < 1.29 is 30.9 Å². The third kappa shape index (κ3) is 5.21. The number of aryl methyl sites for hydroxylation is 2. The van der Waals surface area contributed by atoms with Crippen molar-refractivity contribution in [2.45, 2.75) is 31.3 Å². The topological polar surface area (TPSA) is 101 Å². The van der Waals surface area contributed by atoms with E-state index in [1.807, 2.05) is 0 Å². The van der Waals surface area contributed by atoms with Crippen molar-refractivity contribution in [2.24, 2.45) is 0 Å². The van der Waals surface area contributed by atoms with Crippen molar-refractivity contribution in [3.63, 3.8) is 0 Å². The average Bonchev–Trinajstić information content (AvgIpc) is 2.85. The fourth-order valence-electron chi connectivity index (χ4n) is 2.13. The van der Waals surface area contributed by atoms with E-state index in [1.54, 1.807) is 13.8 Å². The van der Waals surface area contributed by atoms with Gasteiger partial charge in [0, 0.05) is 13.0 Å². The summed E-state index contributed by atoms with van der Waals surface area (Å²) in [5.41, 5.74) is -0.416. The molecule has 2 N–H and O–H groups in total. The van der Waals surface area contributed by atoms with Crippen LogP contribution in [0.15, 0.2) is 27.6 Å². The van der Waals surface area contributed by atoms with Gasteiger partial charge in [0.2, 0.25) is 15.9 Å². The SMILES string of the molecule is Cc1noc(C)c1NC(=O)CCNS(=O)(=O)c1ccc(Cl)c(C(F)(F)F)c1. The number of aromatic nitrogens is 1. The van der Waals surface area contributed by atoms with E-state index < -0.39 is 37.6 Å². The Hall–Kier alpha value is -2.11. The molecule has 12 heteroatoms. The summed E-state index contributed by atoms with van der Waals surface area (Å²) in [6.07, 6.45) is -5.04. The minimum Gasteiger partial charge on any atom is -0.359 e. The van der Waals surface area contributed by atoms with Crippen molar-refractivity contribution in [3.8, 4) is 0 Å². The fraction of sp³-hybridized carbons (Fsp3) is 0.333. The number of anilines is 1. The number of hydrogen-bond donors (Lipinski definition) is 2. The minimum atomic E-state index is -4.79. The van der Waals surface area contributed by atoms with Crippen molar-refractivity contribution in [3.05, 3.63) is 40.2 Å². The summed E-state index contributed by atoms with van der Waals surface area (Å²) in [7, 11) is -4.25. The van der Waals surface area contributed by atoms with E-state index in [0.717, 1.165) is 12.1 Å². The molecule has 0 saturated carbocycles. The molecule has 0 aliphatic rings. The number of nitrogens with one attached hydrogen (secondary N) is 2. The molecule has 0 unspecified atom stereocenters. The van der Waals surface area contributed by atoms with Gasteiger partial charge in [0.15, 0.2) is 5.76 Å². The first kappa shape index (κ1) is 21.2. The summed E-state index contributed by atoms with van der Waals surface area (Å²) in [5, 5.41) is 5.57. The van der Waals surface area contributed by atoms with Gasteiger partial charge in [-0.3, -0.25) is 4.79 Å². The Balaban J connectivity index is 2.02. The van der Waals surface area contributed by atoms with Crippen LogP contribution in [0, 0.1) is 13.8 Å². The molecule has 148 valence electrons. The second-order valence-electron chi connectivity index (χ2n) is 5.53. The molecule has 0 aliphatic heterocycles. The molecule has 1 aromatic carbocycles. The molecule has 0 saturated heterocycles. The highest BCUT2D eigenvalue weighted by atomic mass is 35.5. The molecule has 7 nitrogen and oxygen atoms in total. The number of carbonyl (C=O) groups is 1. The molecule has 2 rings (SSSR count). The maximum atomic E-state index is 12.9. The zero-order valence-corrected chi connectivity index (χ0v) is 15.7. The molecule has 1 aromatic heterocycles. The Bertz CT molecular complexity index is 938. The summed E-state index contributed by atoms with van der Waals surface area (Å²) >= 11 is 5.47. The number of hydrogen-bond acceptors (Lipinski definition) is 5. The standard InChI is InChI=1S/C15H15ClF3N3O4S/c1-8-14(9(2)26-22-8)21-13(23)5-6-20-27(24,25)10-3-4-12(16)11(7-10)15(17,18)19/h3-4,7,20H,5-6H2,1-2H3,(H,21,23). The first-order chi connectivity index (χ1) is 12.4. The van der Waals surface area contributed by atoms with Gasteiger partial charge in [-0.1, -0.05) is 16.8 Å². The molecular formula is C15H15ClF3N3O4S. The Labute approximate surface area is 157 Å². The van der Waals surface area contributed by atoms with Gasteiger partial charge in [0.25, 0.3) is 0 Å². The smallest absolute Gasteiger partial charge is 0.359 e. The van der Waals surface area contributed by atoms with Gasteiger partial charge >= 0.3 is 6.18 Å². The Morgan fingerprint density at radius 1 is 1.30 bits per heavy atom. The van der Waals surface area contributed by atoms with E-state index in [0.29, 0.717) is 23.2 Å². The van der Waals surface area contributed by atoms with Crippen LogP contribution in [0.1, 0.15) is 23.4 Å². The highest BCUT2D eigenvalue weighted by Gasteiger charge is 2.34. The number of halogens is 4. The lowest BCUT2D eigenvalue weighted by atomic mass is 10.2. The molecule has 1 amide bonds. The highest BCUT2D eigenvalue weighted by molar-refractivity contribution is 7.89. The summed E-state index contributed by atoms with van der Waals surface area (Å²) in [6.45, 7) is 2.90.